The molecule has 0 amide bonds. The van der Waals surface area contributed by atoms with Gasteiger partial charge < -0.3 is 14.8 Å². The molecular formula is C16H19N2O2-. The number of allylic oxidation sites excluding steroid dienone is 1. The lowest BCUT2D eigenvalue weighted by Crippen LogP contribution is -2.24. The zero-order valence-corrected chi connectivity index (χ0v) is 12.1. The normalized spacial score (nSPS) is 11.5. The molecule has 0 spiro atoms. The third kappa shape index (κ3) is 3.39. The van der Waals surface area contributed by atoms with Gasteiger partial charge in [0.15, 0.2) is 0 Å². The minimum absolute atomic E-state index is 0.289. The third-order valence-corrected chi connectivity index (χ3v) is 3.32. The molecule has 1 aromatic carbocycles. The van der Waals surface area contributed by atoms with Crippen LogP contribution in [0.5, 0.6) is 0 Å². The molecule has 0 fully saturated rings. The van der Waals surface area contributed by atoms with Crippen LogP contribution in [-0.4, -0.2) is 19.1 Å². The Morgan fingerprint density at radius 2 is 1.75 bits per heavy atom. The minimum atomic E-state index is -1.42. The molecule has 0 unspecified atom stereocenters. The van der Waals surface area contributed by atoms with Crippen molar-refractivity contribution in [1.82, 2.24) is 0 Å². The Kier molecular flexibility index (Phi) is 5.79. The average Bonchev–Trinajstić information content (AvgIpc) is 2.46. The summed E-state index contributed by atoms with van der Waals surface area (Å²) >= 11 is 0. The zero-order valence-electron chi connectivity index (χ0n) is 12.1. The lowest BCUT2D eigenvalue weighted by atomic mass is 9.98. The molecule has 0 N–H and O–H groups in total. The van der Waals surface area contributed by atoms with Crippen LogP contribution in [0.2, 0.25) is 0 Å². The second-order valence-electron chi connectivity index (χ2n) is 4.33. The maximum absolute atomic E-state index is 11.0. The summed E-state index contributed by atoms with van der Waals surface area (Å²) in [5.41, 5.74) is 2.06. The quantitative estimate of drug-likeness (QED) is 0.586. The fourth-order valence-electron chi connectivity index (χ4n) is 2.22. The molecule has 0 aliphatic carbocycles. The monoisotopic (exact) mass is 271 g/mol. The van der Waals surface area contributed by atoms with Crippen molar-refractivity contribution in [2.24, 2.45) is 0 Å². The maximum atomic E-state index is 11.0. The predicted molar refractivity (Wildman–Crippen MR) is 77.8 cm³/mol. The van der Waals surface area contributed by atoms with E-state index in [0.29, 0.717) is 12.0 Å². The Balaban J connectivity index is 3.21. The van der Waals surface area contributed by atoms with Crippen LogP contribution in [0.15, 0.2) is 29.8 Å². The molecule has 0 bridgehead atoms. The van der Waals surface area contributed by atoms with Crippen LogP contribution in [0.3, 0.4) is 0 Å². The summed E-state index contributed by atoms with van der Waals surface area (Å²) in [5.74, 6) is -1.42. The molecule has 0 saturated carbocycles. The van der Waals surface area contributed by atoms with Gasteiger partial charge in [-0.15, -0.1) is 0 Å². The van der Waals surface area contributed by atoms with Gasteiger partial charge in [0.1, 0.15) is 6.07 Å². The summed E-state index contributed by atoms with van der Waals surface area (Å²) in [6, 6.07) is 9.32. The van der Waals surface area contributed by atoms with E-state index in [1.807, 2.05) is 31.2 Å². The lowest BCUT2D eigenvalue weighted by molar-refractivity contribution is -0.298. The first-order valence-electron chi connectivity index (χ1n) is 6.78. The van der Waals surface area contributed by atoms with E-state index in [-0.39, 0.29) is 5.57 Å². The highest BCUT2D eigenvalue weighted by Gasteiger charge is 2.09. The van der Waals surface area contributed by atoms with Crippen molar-refractivity contribution in [3.63, 3.8) is 0 Å². The van der Waals surface area contributed by atoms with Crippen LogP contribution >= 0.6 is 0 Å². The van der Waals surface area contributed by atoms with E-state index in [1.54, 1.807) is 6.07 Å². The number of hydrogen-bond acceptors (Lipinski definition) is 4. The van der Waals surface area contributed by atoms with E-state index < -0.39 is 5.97 Å². The van der Waals surface area contributed by atoms with Crippen molar-refractivity contribution in [1.29, 1.82) is 5.26 Å². The molecule has 0 aliphatic heterocycles. The number of carboxylic acids is 1. The van der Waals surface area contributed by atoms with Crippen LogP contribution in [0.25, 0.3) is 5.57 Å². The number of carboxylic acid groups (broad SMARTS) is 1. The summed E-state index contributed by atoms with van der Waals surface area (Å²) in [7, 11) is 0. The summed E-state index contributed by atoms with van der Waals surface area (Å²) in [6.07, 6.45) is 0.474. The molecular weight excluding hydrogens is 252 g/mol. The number of anilines is 1. The van der Waals surface area contributed by atoms with Gasteiger partial charge in [0.25, 0.3) is 0 Å². The molecule has 0 aromatic heterocycles. The second-order valence-corrected chi connectivity index (χ2v) is 4.33. The number of carbonyl (C=O) groups is 1. The number of aliphatic carboxylic acids is 1. The SMILES string of the molecule is CCC(=C(C#N)C(=O)[O-])c1ccc(N(CC)CC)cc1. The van der Waals surface area contributed by atoms with Crippen molar-refractivity contribution >= 4 is 17.2 Å². The largest absolute Gasteiger partial charge is 0.544 e. The topological polar surface area (TPSA) is 67.2 Å². The van der Waals surface area contributed by atoms with Crippen molar-refractivity contribution < 1.29 is 9.90 Å². The summed E-state index contributed by atoms with van der Waals surface area (Å²) in [4.78, 5) is 13.2. The summed E-state index contributed by atoms with van der Waals surface area (Å²) in [6.45, 7) is 7.81. The van der Waals surface area contributed by atoms with E-state index in [2.05, 4.69) is 18.7 Å². The fourth-order valence-corrected chi connectivity index (χ4v) is 2.22. The summed E-state index contributed by atoms with van der Waals surface area (Å²) < 4.78 is 0. The van der Waals surface area contributed by atoms with Gasteiger partial charge in [0, 0.05) is 18.8 Å². The van der Waals surface area contributed by atoms with Gasteiger partial charge >= 0.3 is 0 Å². The Morgan fingerprint density at radius 1 is 1.20 bits per heavy atom. The molecule has 4 heteroatoms. The second kappa shape index (κ2) is 7.34. The molecule has 1 rings (SSSR count). The Hall–Kier alpha value is -2.28. The van der Waals surface area contributed by atoms with Gasteiger partial charge in [-0.25, -0.2) is 0 Å². The predicted octanol–water partition coefficient (Wildman–Crippen LogP) is 1.97. The maximum Gasteiger partial charge on any atom is 0.101 e. The molecule has 4 nitrogen and oxygen atoms in total. The van der Waals surface area contributed by atoms with Gasteiger partial charge in [-0.1, -0.05) is 19.1 Å². The lowest BCUT2D eigenvalue weighted by Gasteiger charge is -2.21. The molecule has 20 heavy (non-hydrogen) atoms. The first-order valence-corrected chi connectivity index (χ1v) is 6.78. The number of hydrogen-bond donors (Lipinski definition) is 0. The molecule has 106 valence electrons. The number of benzene rings is 1. The van der Waals surface area contributed by atoms with Crippen molar-refractivity contribution in [2.45, 2.75) is 27.2 Å². The number of rotatable bonds is 6. The number of nitrogens with zero attached hydrogens (tertiary/aromatic N) is 2. The molecule has 0 radical (unpaired) electrons. The van der Waals surface area contributed by atoms with Gasteiger partial charge in [0.05, 0.1) is 11.5 Å². The van der Waals surface area contributed by atoms with Crippen molar-refractivity contribution in [2.75, 3.05) is 18.0 Å². The first kappa shape index (κ1) is 15.8. The van der Waals surface area contributed by atoms with Gasteiger partial charge in [-0.2, -0.15) is 5.26 Å². The van der Waals surface area contributed by atoms with Crippen LogP contribution in [-0.2, 0) is 4.79 Å². The Labute approximate surface area is 119 Å². The van der Waals surface area contributed by atoms with Crippen LogP contribution in [0.1, 0.15) is 32.8 Å². The van der Waals surface area contributed by atoms with E-state index >= 15 is 0 Å². The Morgan fingerprint density at radius 3 is 2.10 bits per heavy atom. The fraction of sp³-hybridized carbons (Fsp3) is 0.375. The molecule has 1 aromatic rings. The molecule has 0 atom stereocenters. The number of nitriles is 1. The van der Waals surface area contributed by atoms with E-state index in [9.17, 15) is 9.90 Å². The van der Waals surface area contributed by atoms with Gasteiger partial charge in [-0.05, 0) is 43.5 Å². The average molecular weight is 271 g/mol. The minimum Gasteiger partial charge on any atom is -0.544 e. The van der Waals surface area contributed by atoms with Gasteiger partial charge in [0.2, 0.25) is 0 Å². The third-order valence-electron chi connectivity index (χ3n) is 3.32. The highest BCUT2D eigenvalue weighted by atomic mass is 16.4. The Bertz CT molecular complexity index is 535. The van der Waals surface area contributed by atoms with E-state index in [0.717, 1.165) is 24.3 Å². The van der Waals surface area contributed by atoms with Gasteiger partial charge in [-0.3, -0.25) is 0 Å². The molecule has 0 saturated heterocycles. The van der Waals surface area contributed by atoms with E-state index in [4.69, 9.17) is 5.26 Å². The smallest absolute Gasteiger partial charge is 0.101 e. The van der Waals surface area contributed by atoms with Crippen LogP contribution < -0.4 is 10.0 Å². The first-order chi connectivity index (χ1) is 9.58. The van der Waals surface area contributed by atoms with Crippen molar-refractivity contribution in [3.05, 3.63) is 35.4 Å². The highest BCUT2D eigenvalue weighted by molar-refractivity contribution is 5.99. The molecule has 0 aliphatic rings. The highest BCUT2D eigenvalue weighted by Crippen LogP contribution is 2.24. The zero-order chi connectivity index (χ0) is 15.1. The summed E-state index contributed by atoms with van der Waals surface area (Å²) in [5, 5.41) is 19.9. The number of carbonyl (C=O) groups excluding carboxylic acids is 1. The van der Waals surface area contributed by atoms with Crippen LogP contribution in [0, 0.1) is 11.3 Å². The van der Waals surface area contributed by atoms with Crippen LogP contribution in [0.4, 0.5) is 5.69 Å². The van der Waals surface area contributed by atoms with E-state index in [1.165, 1.54) is 0 Å². The molecule has 0 heterocycles. The standard InChI is InChI=1S/C16H20N2O2/c1-4-14(15(11-17)16(19)20)12-7-9-13(10-8-12)18(5-2)6-3/h7-10H,4-6H2,1-3H3,(H,19,20)/p-1. The van der Waals surface area contributed by atoms with Crippen molar-refractivity contribution in [3.8, 4) is 6.07 Å².